The second-order valence-corrected chi connectivity index (χ2v) is 8.84. The highest BCUT2D eigenvalue weighted by Gasteiger charge is 2.22. The van der Waals surface area contributed by atoms with Gasteiger partial charge in [-0.2, -0.15) is 0 Å². The van der Waals surface area contributed by atoms with E-state index in [1.165, 1.54) is 40.3 Å². The number of nitro groups is 1. The zero-order valence-electron chi connectivity index (χ0n) is 16.0. The molecule has 0 radical (unpaired) electrons. The maximum atomic E-state index is 12.6. The minimum absolute atomic E-state index is 0.0329. The average Bonchev–Trinajstić information content (AvgIpc) is 3.48. The van der Waals surface area contributed by atoms with Crippen molar-refractivity contribution in [1.82, 2.24) is 10.2 Å². The van der Waals surface area contributed by atoms with Gasteiger partial charge < -0.3 is 9.15 Å². The van der Waals surface area contributed by atoms with Crippen LogP contribution in [-0.4, -0.2) is 21.1 Å². The lowest BCUT2D eigenvalue weighted by Crippen LogP contribution is -2.08. The lowest BCUT2D eigenvalue weighted by molar-refractivity contribution is -0.384. The van der Waals surface area contributed by atoms with E-state index >= 15 is 0 Å². The van der Waals surface area contributed by atoms with Gasteiger partial charge in [0.1, 0.15) is 4.88 Å². The quantitative estimate of drug-likeness (QED) is 0.183. The molecule has 3 aromatic heterocycles. The zero-order chi connectivity index (χ0) is 21.5. The van der Waals surface area contributed by atoms with Crippen LogP contribution in [-0.2, 0) is 4.74 Å². The molecule has 2 aromatic carbocycles. The third kappa shape index (κ3) is 3.56. The number of nitrogens with zero attached hydrogens (tertiary/aromatic N) is 3. The number of carbonyl (C=O) groups is 1. The first-order valence-corrected chi connectivity index (χ1v) is 10.8. The molecule has 31 heavy (non-hydrogen) atoms. The van der Waals surface area contributed by atoms with Crippen LogP contribution in [0.5, 0.6) is 0 Å². The third-order valence-electron chi connectivity index (χ3n) is 4.65. The van der Waals surface area contributed by atoms with Crippen molar-refractivity contribution < 1.29 is 18.9 Å². The minimum atomic E-state index is -0.747. The van der Waals surface area contributed by atoms with Gasteiger partial charge in [-0.15, -0.1) is 32.9 Å². The maximum absolute atomic E-state index is 12.6. The van der Waals surface area contributed by atoms with Crippen LogP contribution < -0.4 is 0 Å². The number of non-ortho nitro benzene ring substituents is 1. The molecule has 0 aliphatic heterocycles. The van der Waals surface area contributed by atoms with E-state index in [1.807, 2.05) is 24.3 Å². The average molecular weight is 451 g/mol. The Morgan fingerprint density at radius 2 is 1.87 bits per heavy atom. The van der Waals surface area contributed by atoms with Crippen LogP contribution in [0.15, 0.2) is 59.0 Å². The fourth-order valence-electron chi connectivity index (χ4n) is 3.11. The number of hydrogen-bond acceptors (Lipinski definition) is 9. The molecule has 0 saturated carbocycles. The summed E-state index contributed by atoms with van der Waals surface area (Å²) in [5, 5.41) is 19.8. The summed E-state index contributed by atoms with van der Waals surface area (Å²) in [4.78, 5) is 23.4. The number of thiophene rings is 2. The van der Waals surface area contributed by atoms with Crippen molar-refractivity contribution in [3.05, 3.63) is 75.5 Å². The number of nitro benzene ring substituents is 1. The van der Waals surface area contributed by atoms with E-state index in [2.05, 4.69) is 16.3 Å². The number of hydrogen-bond donors (Lipinski definition) is 0. The Morgan fingerprint density at radius 1 is 1.10 bits per heavy atom. The van der Waals surface area contributed by atoms with E-state index in [4.69, 9.17) is 9.15 Å². The molecule has 0 amide bonds. The molecule has 3 heterocycles. The highest BCUT2D eigenvalue weighted by atomic mass is 32.1. The van der Waals surface area contributed by atoms with E-state index in [-0.39, 0.29) is 17.5 Å². The van der Waals surface area contributed by atoms with Crippen molar-refractivity contribution in [3.63, 3.8) is 0 Å². The van der Waals surface area contributed by atoms with Gasteiger partial charge in [-0.3, -0.25) is 10.1 Å². The van der Waals surface area contributed by atoms with Gasteiger partial charge in [-0.05, 0) is 31.2 Å². The highest BCUT2D eigenvalue weighted by molar-refractivity contribution is 7.33. The smallest absolute Gasteiger partial charge is 0.349 e. The van der Waals surface area contributed by atoms with Gasteiger partial charge in [-0.25, -0.2) is 4.79 Å². The van der Waals surface area contributed by atoms with Crippen molar-refractivity contribution in [3.8, 4) is 11.5 Å². The van der Waals surface area contributed by atoms with Gasteiger partial charge >= 0.3 is 5.97 Å². The third-order valence-corrected chi connectivity index (χ3v) is 7.04. The fourth-order valence-corrected chi connectivity index (χ4v) is 5.52. The lowest BCUT2D eigenvalue weighted by atomic mass is 10.2. The van der Waals surface area contributed by atoms with Crippen molar-refractivity contribution in [2.24, 2.45) is 0 Å². The van der Waals surface area contributed by atoms with E-state index < -0.39 is 17.0 Å². The van der Waals surface area contributed by atoms with E-state index in [1.54, 1.807) is 18.3 Å². The first kappa shape index (κ1) is 19.3. The lowest BCUT2D eigenvalue weighted by Gasteiger charge is -2.07. The van der Waals surface area contributed by atoms with Crippen molar-refractivity contribution in [2.75, 3.05) is 0 Å². The molecule has 5 rings (SSSR count). The molecule has 10 heteroatoms. The van der Waals surface area contributed by atoms with Gasteiger partial charge in [0.05, 0.1) is 9.62 Å². The molecule has 0 aliphatic carbocycles. The number of aromatic nitrogens is 2. The number of benzene rings is 2. The number of fused-ring (bicyclic) bond motifs is 3. The summed E-state index contributed by atoms with van der Waals surface area (Å²) < 4.78 is 14.4. The van der Waals surface area contributed by atoms with Crippen LogP contribution in [0.25, 0.3) is 30.9 Å². The Kier molecular flexibility index (Phi) is 4.72. The maximum Gasteiger partial charge on any atom is 0.349 e. The summed E-state index contributed by atoms with van der Waals surface area (Å²) in [6, 6.07) is 15.7. The van der Waals surface area contributed by atoms with Crippen LogP contribution in [0.4, 0.5) is 5.69 Å². The van der Waals surface area contributed by atoms with Gasteiger partial charge in [0.2, 0.25) is 5.89 Å². The summed E-state index contributed by atoms with van der Waals surface area (Å²) in [5.41, 5.74) is 0.502. The Morgan fingerprint density at radius 3 is 2.65 bits per heavy atom. The van der Waals surface area contributed by atoms with E-state index in [0.29, 0.717) is 10.4 Å². The van der Waals surface area contributed by atoms with Crippen LogP contribution in [0.3, 0.4) is 0 Å². The largest absolute Gasteiger partial charge is 0.448 e. The van der Waals surface area contributed by atoms with Crippen molar-refractivity contribution >= 4 is 53.8 Å². The predicted octanol–water partition coefficient (Wildman–Crippen LogP) is 5.99. The molecule has 0 saturated heterocycles. The molecule has 0 aliphatic rings. The topological polar surface area (TPSA) is 108 Å². The molecule has 0 bridgehead atoms. The molecule has 1 unspecified atom stereocenters. The van der Waals surface area contributed by atoms with E-state index in [0.717, 1.165) is 14.8 Å². The Balaban J connectivity index is 1.33. The molecule has 1 atom stereocenters. The fraction of sp³-hybridized carbons (Fsp3) is 0.0952. The zero-order valence-corrected chi connectivity index (χ0v) is 17.6. The standard InChI is InChI=1S/C21H13N3O5S2/c1-11(19-22-23-20(29-19)12-6-8-13(9-7-12)24(26)27)28-21(25)17-10-16-18(31-17)14-4-2-3-5-15(14)30-16/h2-11H,1H3. The van der Waals surface area contributed by atoms with Gasteiger partial charge in [0.15, 0.2) is 6.10 Å². The predicted molar refractivity (Wildman–Crippen MR) is 117 cm³/mol. The molecule has 154 valence electrons. The Bertz CT molecular complexity index is 1430. The van der Waals surface area contributed by atoms with Crippen LogP contribution >= 0.6 is 22.7 Å². The molecular formula is C21H13N3O5S2. The number of carbonyl (C=O) groups excluding carboxylic acids is 1. The second kappa shape index (κ2) is 7.56. The molecule has 5 aromatic rings. The van der Waals surface area contributed by atoms with Crippen LogP contribution in [0.2, 0.25) is 0 Å². The summed E-state index contributed by atoms with van der Waals surface area (Å²) in [5.74, 6) is -0.124. The van der Waals surface area contributed by atoms with Crippen molar-refractivity contribution in [2.45, 2.75) is 13.0 Å². The van der Waals surface area contributed by atoms with Gasteiger partial charge in [0.25, 0.3) is 11.6 Å². The summed E-state index contributed by atoms with van der Waals surface area (Å²) in [6.07, 6.45) is -0.747. The normalized spacial score (nSPS) is 12.3. The van der Waals surface area contributed by atoms with Gasteiger partial charge in [-0.1, -0.05) is 18.2 Å². The summed E-state index contributed by atoms with van der Waals surface area (Å²) in [7, 11) is 0. The van der Waals surface area contributed by atoms with Gasteiger partial charge in [0, 0.05) is 32.5 Å². The Hall–Kier alpha value is -3.63. The first-order chi connectivity index (χ1) is 15.0. The SMILES string of the molecule is CC(OC(=O)c1cc2sc3ccccc3c2s1)c1nnc(-c2ccc([N+](=O)[O-])cc2)o1. The van der Waals surface area contributed by atoms with Crippen LogP contribution in [0.1, 0.15) is 28.6 Å². The molecule has 0 N–H and O–H groups in total. The monoisotopic (exact) mass is 451 g/mol. The number of rotatable bonds is 5. The first-order valence-electron chi connectivity index (χ1n) is 9.20. The number of esters is 1. The molecular weight excluding hydrogens is 438 g/mol. The minimum Gasteiger partial charge on any atom is -0.448 e. The second-order valence-electron chi connectivity index (χ2n) is 6.70. The summed E-state index contributed by atoms with van der Waals surface area (Å²) >= 11 is 3.04. The highest BCUT2D eigenvalue weighted by Crippen LogP contribution is 2.39. The van der Waals surface area contributed by atoms with E-state index in [9.17, 15) is 14.9 Å². The van der Waals surface area contributed by atoms with Crippen molar-refractivity contribution in [1.29, 1.82) is 0 Å². The molecule has 8 nitrogen and oxygen atoms in total. The summed E-state index contributed by atoms with van der Waals surface area (Å²) in [6.45, 7) is 1.65. The number of ether oxygens (including phenoxy) is 1. The Labute approximate surface area is 182 Å². The molecule has 0 fully saturated rings. The van der Waals surface area contributed by atoms with Crippen LogP contribution in [0, 0.1) is 10.1 Å². The molecule has 0 spiro atoms.